The van der Waals surface area contributed by atoms with Gasteiger partial charge in [0.1, 0.15) is 0 Å². The molecule has 1 saturated heterocycles. The maximum Gasteiger partial charge on any atom is 0.276 e. The highest BCUT2D eigenvalue weighted by molar-refractivity contribution is 5.93. The number of pyridine rings is 1. The van der Waals surface area contributed by atoms with E-state index < -0.39 is 0 Å². The number of hydrogen-bond donors (Lipinski definition) is 0. The largest absolute Gasteiger partial charge is 0.355 e. The lowest BCUT2D eigenvalue weighted by Gasteiger charge is -2.27. The van der Waals surface area contributed by atoms with Crippen LogP contribution < -0.4 is 0 Å². The Labute approximate surface area is 128 Å². The van der Waals surface area contributed by atoms with E-state index in [2.05, 4.69) is 10.1 Å². The number of carbonyl (C=O) groups excluding carboxylic acids is 1. The highest BCUT2D eigenvalue weighted by Gasteiger charge is 2.26. The average molecular weight is 295 g/mol. The number of rotatable bonds is 2. The summed E-state index contributed by atoms with van der Waals surface area (Å²) in [6.07, 6.45) is 7.94. The molecule has 0 bridgehead atoms. The molecule has 2 aliphatic rings. The van der Waals surface area contributed by atoms with E-state index in [0.29, 0.717) is 11.5 Å². The number of piperidine rings is 1. The Balaban J connectivity index is 1.47. The van der Waals surface area contributed by atoms with Gasteiger partial charge in [-0.1, -0.05) is 16.3 Å². The smallest absolute Gasteiger partial charge is 0.276 e. The van der Waals surface area contributed by atoms with Crippen LogP contribution in [0.2, 0.25) is 0 Å². The SMILES string of the molecule is O=C(c1cc(-c2cccnc2)on1)N1CCC(=C2CC2)CC1. The van der Waals surface area contributed by atoms with Crippen molar-refractivity contribution < 1.29 is 9.32 Å². The minimum atomic E-state index is -0.0428. The molecule has 2 aromatic rings. The van der Waals surface area contributed by atoms with E-state index >= 15 is 0 Å². The lowest BCUT2D eigenvalue weighted by molar-refractivity contribution is 0.0733. The molecule has 2 aromatic heterocycles. The molecule has 0 N–H and O–H groups in total. The fraction of sp³-hybridized carbons (Fsp3) is 0.353. The van der Waals surface area contributed by atoms with Gasteiger partial charge >= 0.3 is 0 Å². The zero-order valence-electron chi connectivity index (χ0n) is 12.3. The minimum Gasteiger partial charge on any atom is -0.355 e. The van der Waals surface area contributed by atoms with Crippen molar-refractivity contribution >= 4 is 5.91 Å². The van der Waals surface area contributed by atoms with Crippen molar-refractivity contribution in [2.75, 3.05) is 13.1 Å². The fourth-order valence-corrected chi connectivity index (χ4v) is 2.93. The molecule has 112 valence electrons. The molecule has 22 heavy (non-hydrogen) atoms. The molecule has 0 atom stereocenters. The first-order valence-electron chi connectivity index (χ1n) is 7.67. The molecule has 4 rings (SSSR count). The summed E-state index contributed by atoms with van der Waals surface area (Å²) >= 11 is 0. The van der Waals surface area contributed by atoms with Crippen LogP contribution >= 0.6 is 0 Å². The standard InChI is InChI=1S/C17H17N3O2/c21-17(20-8-5-13(6-9-20)12-3-4-12)15-10-16(22-19-15)14-2-1-7-18-11-14/h1-2,7,10-11H,3-6,8-9H2. The van der Waals surface area contributed by atoms with Gasteiger partial charge in [0, 0.05) is 37.1 Å². The topological polar surface area (TPSA) is 59.2 Å². The first-order chi connectivity index (χ1) is 10.8. The number of hydrogen-bond acceptors (Lipinski definition) is 4. The average Bonchev–Trinajstić information content (AvgIpc) is 3.32. The van der Waals surface area contributed by atoms with Gasteiger partial charge < -0.3 is 9.42 Å². The van der Waals surface area contributed by atoms with E-state index in [1.165, 1.54) is 12.8 Å². The summed E-state index contributed by atoms with van der Waals surface area (Å²) in [5.74, 6) is 0.535. The highest BCUT2D eigenvalue weighted by atomic mass is 16.5. The Morgan fingerprint density at radius 3 is 2.59 bits per heavy atom. The lowest BCUT2D eigenvalue weighted by atomic mass is 10.0. The summed E-state index contributed by atoms with van der Waals surface area (Å²) in [4.78, 5) is 18.4. The van der Waals surface area contributed by atoms with Gasteiger partial charge in [-0.2, -0.15) is 0 Å². The first-order valence-corrected chi connectivity index (χ1v) is 7.67. The van der Waals surface area contributed by atoms with Crippen LogP contribution in [0.4, 0.5) is 0 Å². The van der Waals surface area contributed by atoms with Crippen LogP contribution in [0.1, 0.15) is 36.2 Å². The highest BCUT2D eigenvalue weighted by Crippen LogP contribution is 2.36. The number of likely N-dealkylation sites (tertiary alicyclic amines) is 1. The van der Waals surface area contributed by atoms with Gasteiger partial charge in [0.2, 0.25) is 0 Å². The molecule has 2 fully saturated rings. The van der Waals surface area contributed by atoms with Crippen molar-refractivity contribution in [3.05, 3.63) is 47.4 Å². The summed E-state index contributed by atoms with van der Waals surface area (Å²) in [5, 5.41) is 3.93. The van der Waals surface area contributed by atoms with Crippen molar-refractivity contribution in [3.8, 4) is 11.3 Å². The molecule has 5 nitrogen and oxygen atoms in total. The van der Waals surface area contributed by atoms with Gasteiger partial charge in [-0.3, -0.25) is 9.78 Å². The number of aromatic nitrogens is 2. The second-order valence-electron chi connectivity index (χ2n) is 5.82. The molecule has 0 spiro atoms. The Morgan fingerprint density at radius 1 is 1.14 bits per heavy atom. The molecular weight excluding hydrogens is 278 g/mol. The third kappa shape index (κ3) is 2.54. The van der Waals surface area contributed by atoms with E-state index in [-0.39, 0.29) is 5.91 Å². The molecule has 1 aliphatic heterocycles. The third-order valence-corrected chi connectivity index (χ3v) is 4.33. The van der Waals surface area contributed by atoms with Gasteiger partial charge in [0.25, 0.3) is 5.91 Å². The number of allylic oxidation sites excluding steroid dienone is 1. The maximum atomic E-state index is 12.5. The van der Waals surface area contributed by atoms with E-state index in [9.17, 15) is 4.79 Å². The molecule has 1 aliphatic carbocycles. The lowest BCUT2D eigenvalue weighted by Crippen LogP contribution is -2.36. The first kappa shape index (κ1) is 13.2. The quantitative estimate of drug-likeness (QED) is 0.799. The van der Waals surface area contributed by atoms with Crippen LogP contribution in [0.3, 0.4) is 0 Å². The summed E-state index contributed by atoms with van der Waals surface area (Å²) in [6, 6.07) is 5.42. The number of nitrogens with zero attached hydrogens (tertiary/aromatic N) is 3. The zero-order chi connectivity index (χ0) is 14.9. The summed E-state index contributed by atoms with van der Waals surface area (Å²) in [7, 11) is 0. The third-order valence-electron chi connectivity index (χ3n) is 4.33. The number of carbonyl (C=O) groups is 1. The predicted octanol–water partition coefficient (Wildman–Crippen LogP) is 3.06. The van der Waals surface area contributed by atoms with Gasteiger partial charge in [-0.25, -0.2) is 0 Å². The van der Waals surface area contributed by atoms with E-state index in [0.717, 1.165) is 31.5 Å². The molecule has 0 unspecified atom stereocenters. The monoisotopic (exact) mass is 295 g/mol. The van der Waals surface area contributed by atoms with E-state index in [1.807, 2.05) is 17.0 Å². The van der Waals surface area contributed by atoms with E-state index in [4.69, 9.17) is 4.52 Å². The molecular formula is C17H17N3O2. The van der Waals surface area contributed by atoms with Crippen LogP contribution in [0.15, 0.2) is 46.3 Å². The molecule has 5 heteroatoms. The van der Waals surface area contributed by atoms with Crippen molar-refractivity contribution in [2.24, 2.45) is 0 Å². The van der Waals surface area contributed by atoms with Crippen molar-refractivity contribution in [1.29, 1.82) is 0 Å². The summed E-state index contributed by atoms with van der Waals surface area (Å²) in [6.45, 7) is 1.57. The maximum absolute atomic E-state index is 12.5. The minimum absolute atomic E-state index is 0.0428. The Bertz CT molecular complexity index is 717. The Morgan fingerprint density at radius 2 is 1.91 bits per heavy atom. The second-order valence-corrected chi connectivity index (χ2v) is 5.82. The predicted molar refractivity (Wildman–Crippen MR) is 81.1 cm³/mol. The molecule has 3 heterocycles. The normalized spacial score (nSPS) is 17.7. The van der Waals surface area contributed by atoms with Crippen LogP contribution in [0.25, 0.3) is 11.3 Å². The van der Waals surface area contributed by atoms with Gasteiger partial charge in [0.05, 0.1) is 0 Å². The second kappa shape index (κ2) is 5.40. The summed E-state index contributed by atoms with van der Waals surface area (Å²) < 4.78 is 5.29. The fourth-order valence-electron chi connectivity index (χ4n) is 2.93. The van der Waals surface area contributed by atoms with Gasteiger partial charge in [-0.15, -0.1) is 0 Å². The van der Waals surface area contributed by atoms with Crippen molar-refractivity contribution in [1.82, 2.24) is 15.0 Å². The molecule has 1 amide bonds. The van der Waals surface area contributed by atoms with Crippen LogP contribution in [0.5, 0.6) is 0 Å². The van der Waals surface area contributed by atoms with Crippen LogP contribution in [-0.4, -0.2) is 34.0 Å². The van der Waals surface area contributed by atoms with Crippen molar-refractivity contribution in [3.63, 3.8) is 0 Å². The molecule has 0 aromatic carbocycles. The Kier molecular flexibility index (Phi) is 3.25. The zero-order valence-corrected chi connectivity index (χ0v) is 12.3. The number of amides is 1. The van der Waals surface area contributed by atoms with Crippen LogP contribution in [0, 0.1) is 0 Å². The van der Waals surface area contributed by atoms with Gasteiger partial charge in [-0.05, 0) is 37.8 Å². The van der Waals surface area contributed by atoms with Crippen LogP contribution in [-0.2, 0) is 0 Å². The summed E-state index contributed by atoms with van der Waals surface area (Å²) in [5.41, 5.74) is 4.39. The van der Waals surface area contributed by atoms with Gasteiger partial charge in [0.15, 0.2) is 11.5 Å². The van der Waals surface area contributed by atoms with E-state index in [1.54, 1.807) is 29.6 Å². The molecule has 1 saturated carbocycles. The molecule has 0 radical (unpaired) electrons. The van der Waals surface area contributed by atoms with Crippen molar-refractivity contribution in [2.45, 2.75) is 25.7 Å². The Hall–Kier alpha value is -2.43.